The first-order chi connectivity index (χ1) is 17.5. The number of nitrogens with two attached hydrogens (primary N) is 1. The Labute approximate surface area is 211 Å². The summed E-state index contributed by atoms with van der Waals surface area (Å²) in [6.45, 7) is -3.92. The molecule has 2 aromatic rings. The Kier molecular flexibility index (Phi) is 8.73. The fourth-order valence-corrected chi connectivity index (χ4v) is 3.74. The summed E-state index contributed by atoms with van der Waals surface area (Å²) >= 11 is 0. The maximum atomic E-state index is 13.2. The van der Waals surface area contributed by atoms with Gasteiger partial charge in [-0.3, -0.25) is 19.4 Å². The van der Waals surface area contributed by atoms with E-state index in [9.17, 15) is 33.4 Å². The van der Waals surface area contributed by atoms with Gasteiger partial charge in [0.1, 0.15) is 11.9 Å². The molecule has 198 valence electrons. The minimum absolute atomic E-state index is 0.226. The number of carbonyl (C=O) groups is 3. The number of fused-ring (bicyclic) bond motifs is 1. The van der Waals surface area contributed by atoms with E-state index in [0.717, 1.165) is 20.9 Å². The van der Waals surface area contributed by atoms with Crippen molar-refractivity contribution in [2.75, 3.05) is 37.5 Å². The Morgan fingerprint density at radius 1 is 1.22 bits per heavy atom. The van der Waals surface area contributed by atoms with E-state index in [2.05, 4.69) is 15.0 Å². The molecular formula is C24H27F2N5O6. The second kappa shape index (κ2) is 11.8. The number of alkyl halides is 2. The van der Waals surface area contributed by atoms with Crippen LogP contribution in [-0.4, -0.2) is 78.6 Å². The van der Waals surface area contributed by atoms with E-state index in [4.69, 9.17) is 5.73 Å². The van der Waals surface area contributed by atoms with Crippen molar-refractivity contribution in [1.29, 1.82) is 0 Å². The molecule has 1 aliphatic heterocycles. The minimum Gasteiger partial charge on any atom is -0.432 e. The normalized spacial score (nSPS) is 13.0. The summed E-state index contributed by atoms with van der Waals surface area (Å²) in [4.78, 5) is 44.2. The van der Waals surface area contributed by atoms with Crippen LogP contribution in [0.1, 0.15) is 27.9 Å². The van der Waals surface area contributed by atoms with E-state index in [0.29, 0.717) is 18.1 Å². The summed E-state index contributed by atoms with van der Waals surface area (Å²) in [5.41, 5.74) is 7.19. The second-order valence-electron chi connectivity index (χ2n) is 8.28. The van der Waals surface area contributed by atoms with Gasteiger partial charge in [0.25, 0.3) is 11.8 Å². The van der Waals surface area contributed by atoms with Crippen LogP contribution in [0.25, 0.3) is 0 Å². The van der Waals surface area contributed by atoms with Crippen LogP contribution in [0.4, 0.5) is 20.2 Å². The number of aliphatic hydroxyl groups is 2. The molecule has 1 atom stereocenters. The standard InChI is InChI=1S/C24H27F2N5O6/c1-30(2)23(36)16-4-3-5-17(20(16)37-24(25)26)31(8-9-32)19(34)11-18(33)22(35)29-14-6-7-15-13(10-14)12-28-21(15)27/h3-7,10,18,24,32-33H,8-9,11-12H2,1-2H3,(H2,27,28)(H,29,35). The molecule has 2 aromatic carbocycles. The van der Waals surface area contributed by atoms with Gasteiger partial charge in [0, 0.05) is 31.9 Å². The molecule has 37 heavy (non-hydrogen) atoms. The fourth-order valence-electron chi connectivity index (χ4n) is 3.74. The predicted molar refractivity (Wildman–Crippen MR) is 131 cm³/mol. The lowest BCUT2D eigenvalue weighted by atomic mass is 10.1. The van der Waals surface area contributed by atoms with Gasteiger partial charge < -0.3 is 35.8 Å². The SMILES string of the molecule is CN(C)C(=O)c1cccc(N(CCO)C(=O)CC(O)C(=O)Nc2ccc3c(c2)CN=C3N)c1OC(F)F. The number of carbonyl (C=O) groups excluding carboxylic acids is 3. The molecule has 0 saturated carbocycles. The van der Waals surface area contributed by atoms with Gasteiger partial charge >= 0.3 is 6.61 Å². The third-order valence-electron chi connectivity index (χ3n) is 5.49. The van der Waals surface area contributed by atoms with Crippen molar-refractivity contribution in [2.24, 2.45) is 10.7 Å². The predicted octanol–water partition coefficient (Wildman–Crippen LogP) is 0.924. The summed E-state index contributed by atoms with van der Waals surface area (Å²) in [6.07, 6.45) is -2.55. The van der Waals surface area contributed by atoms with Crippen LogP contribution in [0, 0.1) is 0 Å². The van der Waals surface area contributed by atoms with Crippen LogP contribution in [0.5, 0.6) is 5.75 Å². The van der Waals surface area contributed by atoms with E-state index in [1.165, 1.54) is 32.3 Å². The van der Waals surface area contributed by atoms with Crippen molar-refractivity contribution in [3.05, 3.63) is 53.1 Å². The molecule has 5 N–H and O–H groups in total. The van der Waals surface area contributed by atoms with Gasteiger partial charge in [-0.1, -0.05) is 6.07 Å². The Balaban J connectivity index is 1.80. The average molecular weight is 520 g/mol. The molecule has 1 unspecified atom stereocenters. The number of halogens is 2. The highest BCUT2D eigenvalue weighted by molar-refractivity contribution is 6.05. The molecule has 0 spiro atoms. The quantitative estimate of drug-likeness (QED) is 0.363. The Morgan fingerprint density at radius 3 is 2.59 bits per heavy atom. The van der Waals surface area contributed by atoms with Crippen LogP contribution in [0.3, 0.4) is 0 Å². The first kappa shape index (κ1) is 27.5. The largest absolute Gasteiger partial charge is 0.432 e. The summed E-state index contributed by atoms with van der Waals surface area (Å²) in [6, 6.07) is 8.74. The van der Waals surface area contributed by atoms with E-state index < -0.39 is 49.2 Å². The zero-order valence-electron chi connectivity index (χ0n) is 20.1. The van der Waals surface area contributed by atoms with E-state index >= 15 is 0 Å². The van der Waals surface area contributed by atoms with Crippen molar-refractivity contribution in [3.8, 4) is 5.75 Å². The number of nitrogens with zero attached hydrogens (tertiary/aromatic N) is 3. The Morgan fingerprint density at radius 2 is 1.95 bits per heavy atom. The van der Waals surface area contributed by atoms with Gasteiger partial charge in [0.05, 0.1) is 30.8 Å². The molecule has 0 fully saturated rings. The first-order valence-electron chi connectivity index (χ1n) is 11.2. The molecule has 3 rings (SSSR count). The van der Waals surface area contributed by atoms with Gasteiger partial charge in [-0.2, -0.15) is 8.78 Å². The van der Waals surface area contributed by atoms with Crippen molar-refractivity contribution in [3.63, 3.8) is 0 Å². The molecule has 1 aliphatic rings. The number of amides is 3. The molecule has 11 nitrogen and oxygen atoms in total. The van der Waals surface area contributed by atoms with Gasteiger partial charge in [0.15, 0.2) is 5.75 Å². The molecule has 0 saturated heterocycles. The number of ether oxygens (including phenoxy) is 1. The number of benzene rings is 2. The summed E-state index contributed by atoms with van der Waals surface area (Å²) < 4.78 is 31.0. The average Bonchev–Trinajstić information content (AvgIpc) is 3.21. The highest BCUT2D eigenvalue weighted by Gasteiger charge is 2.29. The molecule has 3 amide bonds. The molecule has 0 bridgehead atoms. The van der Waals surface area contributed by atoms with E-state index in [-0.39, 0.29) is 17.8 Å². The molecule has 13 heteroatoms. The number of aliphatic hydroxyl groups excluding tert-OH is 2. The lowest BCUT2D eigenvalue weighted by Gasteiger charge is -2.26. The van der Waals surface area contributed by atoms with E-state index in [1.54, 1.807) is 18.2 Å². The van der Waals surface area contributed by atoms with Gasteiger partial charge in [-0.25, -0.2) is 0 Å². The maximum Gasteiger partial charge on any atom is 0.387 e. The lowest BCUT2D eigenvalue weighted by molar-refractivity contribution is -0.130. The molecule has 1 heterocycles. The number of hydrogen-bond acceptors (Lipinski definition) is 8. The zero-order valence-corrected chi connectivity index (χ0v) is 20.1. The molecule has 0 radical (unpaired) electrons. The van der Waals surface area contributed by atoms with Crippen LogP contribution < -0.4 is 20.7 Å². The van der Waals surface area contributed by atoms with Crippen molar-refractivity contribution < 1.29 is 38.1 Å². The smallest absolute Gasteiger partial charge is 0.387 e. The number of rotatable bonds is 10. The molecule has 0 aliphatic carbocycles. The van der Waals surface area contributed by atoms with Crippen LogP contribution in [-0.2, 0) is 16.1 Å². The van der Waals surface area contributed by atoms with Crippen LogP contribution in [0.2, 0.25) is 0 Å². The highest BCUT2D eigenvalue weighted by atomic mass is 19.3. The second-order valence-corrected chi connectivity index (χ2v) is 8.28. The first-order valence-corrected chi connectivity index (χ1v) is 11.2. The van der Waals surface area contributed by atoms with Gasteiger partial charge in [-0.05, 0) is 35.9 Å². The number of nitrogens with one attached hydrogen (secondary N) is 1. The third-order valence-corrected chi connectivity index (χ3v) is 5.49. The Hall–Kier alpha value is -4.10. The van der Waals surface area contributed by atoms with Crippen molar-refractivity contribution in [1.82, 2.24) is 4.90 Å². The monoisotopic (exact) mass is 519 g/mol. The number of para-hydroxylation sites is 1. The number of anilines is 2. The topological polar surface area (TPSA) is 158 Å². The van der Waals surface area contributed by atoms with E-state index in [1.807, 2.05) is 0 Å². The number of amidine groups is 1. The Bertz CT molecular complexity index is 1220. The minimum atomic E-state index is -3.31. The summed E-state index contributed by atoms with van der Waals surface area (Å²) in [5, 5.41) is 22.4. The fraction of sp³-hybridized carbons (Fsp3) is 0.333. The summed E-state index contributed by atoms with van der Waals surface area (Å²) in [5.74, 6) is -2.61. The highest BCUT2D eigenvalue weighted by Crippen LogP contribution is 2.35. The maximum absolute atomic E-state index is 13.2. The third kappa shape index (κ3) is 6.37. The lowest BCUT2D eigenvalue weighted by Crippen LogP contribution is -2.39. The summed E-state index contributed by atoms with van der Waals surface area (Å²) in [7, 11) is 2.82. The number of aliphatic imine (C=N–C) groups is 1. The van der Waals surface area contributed by atoms with Crippen molar-refractivity contribution in [2.45, 2.75) is 25.7 Å². The molecule has 0 aromatic heterocycles. The van der Waals surface area contributed by atoms with Gasteiger partial charge in [-0.15, -0.1) is 0 Å². The molecular weight excluding hydrogens is 492 g/mol. The van der Waals surface area contributed by atoms with Crippen LogP contribution >= 0.6 is 0 Å². The number of hydrogen-bond donors (Lipinski definition) is 4. The van der Waals surface area contributed by atoms with Crippen LogP contribution in [0.15, 0.2) is 41.4 Å². The zero-order chi connectivity index (χ0) is 27.3. The van der Waals surface area contributed by atoms with Crippen molar-refractivity contribution >= 4 is 34.9 Å². The van der Waals surface area contributed by atoms with Gasteiger partial charge in [0.2, 0.25) is 5.91 Å².